The quantitative estimate of drug-likeness (QED) is 0.763. The summed E-state index contributed by atoms with van der Waals surface area (Å²) in [6, 6.07) is 4.46. The van der Waals surface area contributed by atoms with Gasteiger partial charge >= 0.3 is 0 Å². The molecule has 1 aromatic carbocycles. The third-order valence-electron chi connectivity index (χ3n) is 3.37. The molecule has 124 valence electrons. The maximum atomic E-state index is 13.8. The summed E-state index contributed by atoms with van der Waals surface area (Å²) in [6.07, 6.45) is 0. The van der Waals surface area contributed by atoms with Gasteiger partial charge in [-0.3, -0.25) is 4.79 Å². The van der Waals surface area contributed by atoms with E-state index in [-0.39, 0.29) is 11.4 Å². The minimum absolute atomic E-state index is 0.00929. The molecule has 0 bridgehead atoms. The molecular formula is C15H17F2N3O3. The molecule has 0 radical (unpaired) electrons. The minimum atomic E-state index is -1.20. The number of hydrogen-bond donors (Lipinski definition) is 3. The van der Waals surface area contributed by atoms with Gasteiger partial charge in [0.25, 0.3) is 5.91 Å². The molecule has 0 saturated carbocycles. The van der Waals surface area contributed by atoms with Gasteiger partial charge in [0.1, 0.15) is 11.5 Å². The molecule has 1 amide bonds. The molecule has 0 saturated heterocycles. The van der Waals surface area contributed by atoms with Crippen LogP contribution in [0.25, 0.3) is 5.69 Å². The van der Waals surface area contributed by atoms with Crippen molar-refractivity contribution in [3.63, 3.8) is 0 Å². The summed E-state index contributed by atoms with van der Waals surface area (Å²) in [5.41, 5.74) is -0.736. The number of hydrogen-bond acceptors (Lipinski definition) is 4. The molecular weight excluding hydrogens is 308 g/mol. The maximum absolute atomic E-state index is 13.8. The average Bonchev–Trinajstić information content (AvgIpc) is 2.89. The zero-order valence-electron chi connectivity index (χ0n) is 12.7. The Bertz CT molecular complexity index is 727. The largest absolute Gasteiger partial charge is 0.394 e. The Kier molecular flexibility index (Phi) is 4.76. The maximum Gasteiger partial charge on any atom is 0.272 e. The van der Waals surface area contributed by atoms with E-state index >= 15 is 0 Å². The van der Waals surface area contributed by atoms with Gasteiger partial charge in [-0.2, -0.15) is 5.10 Å². The van der Waals surface area contributed by atoms with Crippen LogP contribution in [0.2, 0.25) is 0 Å². The molecule has 8 heteroatoms. The SMILES string of the molecule is Cc1cc(C(=O)NC(C)(CO)CO)nn1-c1ccc(F)cc1F. The zero-order chi connectivity index (χ0) is 17.2. The van der Waals surface area contributed by atoms with Crippen LogP contribution in [-0.2, 0) is 0 Å². The van der Waals surface area contributed by atoms with Crippen LogP contribution in [0, 0.1) is 18.6 Å². The normalized spacial score (nSPS) is 11.6. The fraction of sp³-hybridized carbons (Fsp3) is 0.333. The summed E-state index contributed by atoms with van der Waals surface area (Å²) in [6.45, 7) is 2.17. The van der Waals surface area contributed by atoms with E-state index in [4.69, 9.17) is 0 Å². The van der Waals surface area contributed by atoms with Gasteiger partial charge in [-0.15, -0.1) is 0 Å². The second-order valence-corrected chi connectivity index (χ2v) is 5.51. The molecule has 0 aliphatic rings. The van der Waals surface area contributed by atoms with Crippen molar-refractivity contribution in [3.05, 3.63) is 47.3 Å². The van der Waals surface area contributed by atoms with E-state index in [2.05, 4.69) is 10.4 Å². The number of aryl methyl sites for hydroxylation is 1. The van der Waals surface area contributed by atoms with Gasteiger partial charge < -0.3 is 15.5 Å². The molecule has 0 fully saturated rings. The summed E-state index contributed by atoms with van der Waals surface area (Å²) in [5, 5.41) is 24.9. The lowest BCUT2D eigenvalue weighted by Crippen LogP contribution is -2.51. The van der Waals surface area contributed by atoms with Crippen molar-refractivity contribution < 1.29 is 23.8 Å². The first kappa shape index (κ1) is 17.0. The highest BCUT2D eigenvalue weighted by atomic mass is 19.1. The van der Waals surface area contributed by atoms with Gasteiger partial charge in [-0.05, 0) is 32.0 Å². The Hall–Kier alpha value is -2.32. The standard InChI is InChI=1S/C15H17F2N3O3/c1-9-5-12(14(23)18-15(2,7-21)8-22)19-20(9)13-4-3-10(16)6-11(13)17/h3-6,21-22H,7-8H2,1-2H3,(H,18,23). The summed E-state index contributed by atoms with van der Waals surface area (Å²) in [7, 11) is 0. The van der Waals surface area contributed by atoms with Crippen molar-refractivity contribution in [1.82, 2.24) is 15.1 Å². The second-order valence-electron chi connectivity index (χ2n) is 5.51. The number of nitrogens with one attached hydrogen (secondary N) is 1. The van der Waals surface area contributed by atoms with E-state index in [1.165, 1.54) is 23.7 Å². The van der Waals surface area contributed by atoms with Crippen LogP contribution in [0.1, 0.15) is 23.1 Å². The summed E-state index contributed by atoms with van der Waals surface area (Å²) in [5.74, 6) is -2.14. The number of aliphatic hydroxyl groups is 2. The number of aromatic nitrogens is 2. The van der Waals surface area contributed by atoms with Crippen molar-refractivity contribution in [3.8, 4) is 5.69 Å². The van der Waals surface area contributed by atoms with Crippen LogP contribution in [-0.4, -0.2) is 44.7 Å². The third-order valence-corrected chi connectivity index (χ3v) is 3.37. The van der Waals surface area contributed by atoms with Gasteiger partial charge in [0.15, 0.2) is 11.5 Å². The Morgan fingerprint density at radius 1 is 1.30 bits per heavy atom. The minimum Gasteiger partial charge on any atom is -0.394 e. The monoisotopic (exact) mass is 325 g/mol. The number of carbonyl (C=O) groups is 1. The lowest BCUT2D eigenvalue weighted by atomic mass is 10.1. The van der Waals surface area contributed by atoms with E-state index < -0.39 is 36.3 Å². The van der Waals surface area contributed by atoms with Gasteiger partial charge in [-0.25, -0.2) is 13.5 Å². The van der Waals surface area contributed by atoms with Crippen LogP contribution in [0.3, 0.4) is 0 Å². The average molecular weight is 325 g/mol. The Labute approximate surface area is 131 Å². The Morgan fingerprint density at radius 2 is 1.96 bits per heavy atom. The highest BCUT2D eigenvalue weighted by molar-refractivity contribution is 5.93. The predicted molar refractivity (Wildman–Crippen MR) is 78.3 cm³/mol. The summed E-state index contributed by atoms with van der Waals surface area (Å²) in [4.78, 5) is 12.2. The van der Waals surface area contributed by atoms with Crippen LogP contribution in [0.15, 0.2) is 24.3 Å². The fourth-order valence-electron chi connectivity index (χ4n) is 1.95. The number of nitrogens with zero attached hydrogens (tertiary/aromatic N) is 2. The van der Waals surface area contributed by atoms with Crippen molar-refractivity contribution in [2.75, 3.05) is 13.2 Å². The first-order chi connectivity index (χ1) is 10.8. The fourth-order valence-corrected chi connectivity index (χ4v) is 1.95. The van der Waals surface area contributed by atoms with Crippen LogP contribution >= 0.6 is 0 Å². The molecule has 0 aliphatic heterocycles. The summed E-state index contributed by atoms with van der Waals surface area (Å²) < 4.78 is 28.0. The first-order valence-corrected chi connectivity index (χ1v) is 6.86. The van der Waals surface area contributed by atoms with Gasteiger partial charge in [-0.1, -0.05) is 0 Å². The van der Waals surface area contributed by atoms with E-state index in [0.29, 0.717) is 5.69 Å². The van der Waals surface area contributed by atoms with E-state index in [1.54, 1.807) is 6.92 Å². The van der Waals surface area contributed by atoms with E-state index in [9.17, 15) is 23.8 Å². The number of rotatable bonds is 5. The molecule has 2 aromatic rings. The smallest absolute Gasteiger partial charge is 0.272 e. The molecule has 0 atom stereocenters. The van der Waals surface area contributed by atoms with Crippen LogP contribution < -0.4 is 5.32 Å². The van der Waals surface area contributed by atoms with Gasteiger partial charge in [0.05, 0.1) is 18.8 Å². The second kappa shape index (κ2) is 6.43. The van der Waals surface area contributed by atoms with Crippen molar-refractivity contribution in [1.29, 1.82) is 0 Å². The molecule has 6 nitrogen and oxygen atoms in total. The van der Waals surface area contributed by atoms with Gasteiger partial charge in [0.2, 0.25) is 0 Å². The van der Waals surface area contributed by atoms with Gasteiger partial charge in [0, 0.05) is 11.8 Å². The highest BCUT2D eigenvalue weighted by Gasteiger charge is 2.26. The highest BCUT2D eigenvalue weighted by Crippen LogP contribution is 2.17. The van der Waals surface area contributed by atoms with Crippen LogP contribution in [0.5, 0.6) is 0 Å². The predicted octanol–water partition coefficient (Wildman–Crippen LogP) is 0.932. The molecule has 0 aliphatic carbocycles. The molecule has 2 rings (SSSR count). The lowest BCUT2D eigenvalue weighted by Gasteiger charge is -2.25. The topological polar surface area (TPSA) is 87.4 Å². The van der Waals surface area contributed by atoms with E-state index in [0.717, 1.165) is 12.1 Å². The summed E-state index contributed by atoms with van der Waals surface area (Å²) >= 11 is 0. The Balaban J connectivity index is 2.33. The Morgan fingerprint density at radius 3 is 2.52 bits per heavy atom. The number of benzene rings is 1. The number of halogens is 2. The molecule has 0 unspecified atom stereocenters. The molecule has 1 aromatic heterocycles. The lowest BCUT2D eigenvalue weighted by molar-refractivity contribution is 0.0719. The van der Waals surface area contributed by atoms with Crippen molar-refractivity contribution in [2.45, 2.75) is 19.4 Å². The van der Waals surface area contributed by atoms with Crippen molar-refractivity contribution in [2.24, 2.45) is 0 Å². The van der Waals surface area contributed by atoms with E-state index in [1.807, 2.05) is 0 Å². The van der Waals surface area contributed by atoms with Crippen LogP contribution in [0.4, 0.5) is 8.78 Å². The third kappa shape index (κ3) is 3.54. The first-order valence-electron chi connectivity index (χ1n) is 6.86. The number of amides is 1. The van der Waals surface area contributed by atoms with Crippen molar-refractivity contribution >= 4 is 5.91 Å². The molecule has 0 spiro atoms. The molecule has 3 N–H and O–H groups in total. The molecule has 1 heterocycles. The molecule has 23 heavy (non-hydrogen) atoms. The zero-order valence-corrected chi connectivity index (χ0v) is 12.7. The number of carbonyl (C=O) groups excluding carboxylic acids is 1. The number of aliphatic hydroxyl groups excluding tert-OH is 2.